The maximum Gasteiger partial charge on any atom is 0.259 e. The highest BCUT2D eigenvalue weighted by Gasteiger charge is 2.17. The lowest BCUT2D eigenvalue weighted by molar-refractivity contribution is 0.101. The highest BCUT2D eigenvalue weighted by Crippen LogP contribution is 2.30. The van der Waals surface area contributed by atoms with E-state index < -0.39 is 5.91 Å². The zero-order valence-corrected chi connectivity index (χ0v) is 17.8. The van der Waals surface area contributed by atoms with Crippen LogP contribution in [0.15, 0.2) is 85.5 Å². The first-order valence-corrected chi connectivity index (χ1v) is 10.1. The first kappa shape index (κ1) is 21.1. The van der Waals surface area contributed by atoms with Crippen molar-refractivity contribution >= 4 is 34.8 Å². The lowest BCUT2D eigenvalue weighted by atomic mass is 10.1. The van der Waals surface area contributed by atoms with Gasteiger partial charge in [0.15, 0.2) is 0 Å². The monoisotopic (exact) mass is 446 g/mol. The van der Waals surface area contributed by atoms with Gasteiger partial charge >= 0.3 is 0 Å². The minimum absolute atomic E-state index is 0.278. The van der Waals surface area contributed by atoms with E-state index in [2.05, 4.69) is 15.6 Å². The Morgan fingerprint density at radius 1 is 0.906 bits per heavy atom. The topological polar surface area (TPSA) is 85.2 Å². The molecule has 2 N–H and O–H groups in total. The minimum atomic E-state index is -0.408. The van der Waals surface area contributed by atoms with Gasteiger partial charge in [-0.3, -0.25) is 14.6 Å². The van der Waals surface area contributed by atoms with Crippen molar-refractivity contribution in [1.29, 1.82) is 0 Å². The Morgan fingerprint density at radius 2 is 1.62 bits per heavy atom. The summed E-state index contributed by atoms with van der Waals surface area (Å²) < 4.78 is 7.25. The second kappa shape index (κ2) is 9.36. The van der Waals surface area contributed by atoms with Crippen molar-refractivity contribution in [3.63, 3.8) is 0 Å². The van der Waals surface area contributed by atoms with Crippen molar-refractivity contribution in [3.05, 3.63) is 102 Å². The van der Waals surface area contributed by atoms with Gasteiger partial charge in [-0.2, -0.15) is 0 Å². The molecular weight excluding hydrogens is 428 g/mol. The molecule has 0 bridgehead atoms. The fourth-order valence-electron chi connectivity index (χ4n) is 3.16. The molecule has 0 unspecified atom stereocenters. The number of carbonyl (C=O) groups excluding carboxylic acids is 2. The highest BCUT2D eigenvalue weighted by atomic mass is 35.5. The van der Waals surface area contributed by atoms with Crippen LogP contribution in [-0.2, 0) is 0 Å². The smallest absolute Gasteiger partial charge is 0.259 e. The van der Waals surface area contributed by atoms with Gasteiger partial charge in [0, 0.05) is 47.8 Å². The number of halogens is 1. The van der Waals surface area contributed by atoms with E-state index in [-0.39, 0.29) is 11.5 Å². The molecule has 32 heavy (non-hydrogen) atoms. The van der Waals surface area contributed by atoms with Gasteiger partial charge in [-0.25, -0.2) is 0 Å². The average molecular weight is 447 g/mol. The first-order chi connectivity index (χ1) is 15.5. The molecule has 2 amide bonds. The zero-order chi connectivity index (χ0) is 22.5. The third kappa shape index (κ3) is 4.63. The van der Waals surface area contributed by atoms with Crippen LogP contribution in [0.25, 0.3) is 5.69 Å². The van der Waals surface area contributed by atoms with E-state index in [4.69, 9.17) is 16.3 Å². The minimum Gasteiger partial charge on any atom is -0.496 e. The van der Waals surface area contributed by atoms with Crippen LogP contribution >= 0.6 is 11.6 Å². The van der Waals surface area contributed by atoms with Gasteiger partial charge < -0.3 is 19.9 Å². The maximum atomic E-state index is 13.0. The Balaban J connectivity index is 1.55. The number of aromatic nitrogens is 2. The number of hydrogen-bond acceptors (Lipinski definition) is 4. The molecule has 0 aliphatic rings. The molecule has 2 heterocycles. The van der Waals surface area contributed by atoms with E-state index >= 15 is 0 Å². The third-order valence-corrected chi connectivity index (χ3v) is 5.02. The normalized spacial score (nSPS) is 10.4. The first-order valence-electron chi connectivity index (χ1n) is 9.69. The van der Waals surface area contributed by atoms with E-state index in [1.165, 1.54) is 7.11 Å². The summed E-state index contributed by atoms with van der Waals surface area (Å²) in [6, 6.07) is 17.0. The Kier molecular flexibility index (Phi) is 6.19. The number of nitrogens with one attached hydrogen (secondary N) is 2. The number of benzene rings is 2. The van der Waals surface area contributed by atoms with Crippen LogP contribution in [0.4, 0.5) is 11.4 Å². The summed E-state index contributed by atoms with van der Waals surface area (Å²) in [6.45, 7) is 0. The molecule has 0 aliphatic heterocycles. The standard InChI is InChI=1S/C24H19ClN4O3/c1-32-22-15-21(29-11-2-3-12-29)20(25)14-19(22)24(31)28-18-6-4-5-16(13-18)23(30)27-17-7-9-26-10-8-17/h2-15H,1H3,(H,28,31)(H,26,27,30). The number of anilines is 2. The number of rotatable bonds is 6. The summed E-state index contributed by atoms with van der Waals surface area (Å²) in [5.74, 6) is -0.333. The highest BCUT2D eigenvalue weighted by molar-refractivity contribution is 6.33. The van der Waals surface area contributed by atoms with Crippen LogP contribution < -0.4 is 15.4 Å². The number of methoxy groups -OCH3 is 1. The van der Waals surface area contributed by atoms with Gasteiger partial charge in [0.1, 0.15) is 5.75 Å². The molecule has 2 aromatic carbocycles. The van der Waals surface area contributed by atoms with Crippen molar-refractivity contribution in [2.24, 2.45) is 0 Å². The van der Waals surface area contributed by atoms with E-state index in [1.807, 2.05) is 29.1 Å². The predicted octanol–water partition coefficient (Wildman–Crippen LogP) is 5.04. The van der Waals surface area contributed by atoms with Gasteiger partial charge in [-0.05, 0) is 48.5 Å². The largest absolute Gasteiger partial charge is 0.496 e. The molecule has 8 heteroatoms. The van der Waals surface area contributed by atoms with Gasteiger partial charge in [0.25, 0.3) is 11.8 Å². The van der Waals surface area contributed by atoms with E-state index in [0.717, 1.165) is 0 Å². The molecule has 7 nitrogen and oxygen atoms in total. The summed E-state index contributed by atoms with van der Waals surface area (Å²) >= 11 is 6.43. The molecule has 4 aromatic rings. The van der Waals surface area contributed by atoms with Crippen molar-refractivity contribution in [2.45, 2.75) is 0 Å². The van der Waals surface area contributed by atoms with Gasteiger partial charge in [0.2, 0.25) is 0 Å². The lowest BCUT2D eigenvalue weighted by Gasteiger charge is -2.14. The Morgan fingerprint density at radius 3 is 2.34 bits per heavy atom. The molecule has 4 rings (SSSR count). The van der Waals surface area contributed by atoms with E-state index in [1.54, 1.807) is 60.9 Å². The van der Waals surface area contributed by atoms with Crippen LogP contribution in [-0.4, -0.2) is 28.5 Å². The summed E-state index contributed by atoms with van der Waals surface area (Å²) in [5, 5.41) is 5.98. The number of pyridine rings is 1. The van der Waals surface area contributed by atoms with Gasteiger partial charge in [0.05, 0.1) is 23.4 Å². The average Bonchev–Trinajstić information content (AvgIpc) is 3.34. The van der Waals surface area contributed by atoms with Crippen LogP contribution in [0, 0.1) is 0 Å². The number of carbonyl (C=O) groups is 2. The Hall–Kier alpha value is -4.10. The molecule has 0 atom stereocenters. The number of hydrogen-bond donors (Lipinski definition) is 2. The molecular formula is C24H19ClN4O3. The summed E-state index contributed by atoms with van der Waals surface area (Å²) in [6.07, 6.45) is 6.88. The van der Waals surface area contributed by atoms with Crippen LogP contribution in [0.1, 0.15) is 20.7 Å². The maximum absolute atomic E-state index is 13.0. The molecule has 160 valence electrons. The Labute approximate surface area is 189 Å². The summed E-state index contributed by atoms with van der Waals surface area (Å²) in [5.41, 5.74) is 2.46. The summed E-state index contributed by atoms with van der Waals surface area (Å²) in [7, 11) is 1.49. The van der Waals surface area contributed by atoms with Crippen LogP contribution in [0.5, 0.6) is 5.75 Å². The van der Waals surface area contributed by atoms with Crippen LogP contribution in [0.2, 0.25) is 5.02 Å². The SMILES string of the molecule is COc1cc(-n2cccc2)c(Cl)cc1C(=O)Nc1cccc(C(=O)Nc2ccncc2)c1. The predicted molar refractivity (Wildman–Crippen MR) is 124 cm³/mol. The molecule has 2 aromatic heterocycles. The van der Waals surface area contributed by atoms with Crippen LogP contribution in [0.3, 0.4) is 0 Å². The third-order valence-electron chi connectivity index (χ3n) is 4.72. The van der Waals surface area contributed by atoms with Crippen molar-refractivity contribution in [2.75, 3.05) is 17.7 Å². The van der Waals surface area contributed by atoms with E-state index in [9.17, 15) is 9.59 Å². The molecule has 0 aliphatic carbocycles. The quantitative estimate of drug-likeness (QED) is 0.434. The van der Waals surface area contributed by atoms with Crippen molar-refractivity contribution in [3.8, 4) is 11.4 Å². The molecule has 0 saturated heterocycles. The molecule has 0 fully saturated rings. The molecule has 0 radical (unpaired) electrons. The summed E-state index contributed by atoms with van der Waals surface area (Å²) in [4.78, 5) is 29.4. The zero-order valence-electron chi connectivity index (χ0n) is 17.1. The molecule has 0 spiro atoms. The van der Waals surface area contributed by atoms with Gasteiger partial charge in [-0.15, -0.1) is 0 Å². The van der Waals surface area contributed by atoms with E-state index in [0.29, 0.717) is 33.4 Å². The van der Waals surface area contributed by atoms with Gasteiger partial charge in [-0.1, -0.05) is 17.7 Å². The fraction of sp³-hybridized carbons (Fsp3) is 0.0417. The van der Waals surface area contributed by atoms with Crippen molar-refractivity contribution in [1.82, 2.24) is 9.55 Å². The molecule has 0 saturated carbocycles. The Bertz CT molecular complexity index is 1260. The number of ether oxygens (including phenoxy) is 1. The number of nitrogens with zero attached hydrogens (tertiary/aromatic N) is 2. The second-order valence-corrected chi connectivity index (χ2v) is 7.23. The second-order valence-electron chi connectivity index (χ2n) is 6.82. The lowest BCUT2D eigenvalue weighted by Crippen LogP contribution is -2.15. The fourth-order valence-corrected chi connectivity index (χ4v) is 3.42. The number of amides is 2. The van der Waals surface area contributed by atoms with Crippen molar-refractivity contribution < 1.29 is 14.3 Å².